The molecule has 0 saturated heterocycles. The van der Waals surface area contributed by atoms with Crippen LogP contribution in [0.25, 0.3) is 5.69 Å². The van der Waals surface area contributed by atoms with Crippen LogP contribution in [0, 0.1) is 0 Å². The molecule has 1 aromatic heterocycles. The van der Waals surface area contributed by atoms with Crippen LogP contribution in [0.5, 0.6) is 0 Å². The van der Waals surface area contributed by atoms with Gasteiger partial charge in [0.1, 0.15) is 0 Å². The zero-order valence-corrected chi connectivity index (χ0v) is 10.2. The number of hydrogen-bond donors (Lipinski definition) is 1. The summed E-state index contributed by atoms with van der Waals surface area (Å²) >= 11 is 6.06. The number of halogens is 1. The predicted molar refractivity (Wildman–Crippen MR) is 71.2 cm³/mol. The average molecular weight is 249 g/mol. The van der Waals surface area contributed by atoms with E-state index >= 15 is 0 Å². The van der Waals surface area contributed by atoms with E-state index in [1.54, 1.807) is 18.3 Å². The van der Waals surface area contributed by atoms with Gasteiger partial charge >= 0.3 is 0 Å². The molecule has 0 fully saturated rings. The van der Waals surface area contributed by atoms with Gasteiger partial charge in [0.05, 0.1) is 10.7 Å². The van der Waals surface area contributed by atoms with Crippen LogP contribution in [0.3, 0.4) is 0 Å². The number of rotatable bonds is 3. The molecule has 3 nitrogen and oxygen atoms in total. The third-order valence-corrected chi connectivity index (χ3v) is 2.73. The van der Waals surface area contributed by atoms with Crippen LogP contribution in [0.1, 0.15) is 6.92 Å². The molecule has 0 bridgehead atoms. The van der Waals surface area contributed by atoms with E-state index in [1.807, 2.05) is 31.2 Å². The van der Waals surface area contributed by atoms with Gasteiger partial charge in [-0.3, -0.25) is 9.36 Å². The zero-order valence-electron chi connectivity index (χ0n) is 9.48. The van der Waals surface area contributed by atoms with Crippen molar-refractivity contribution in [2.24, 2.45) is 0 Å². The van der Waals surface area contributed by atoms with Crippen molar-refractivity contribution < 1.29 is 0 Å². The lowest BCUT2D eigenvalue weighted by atomic mass is 10.3. The van der Waals surface area contributed by atoms with Gasteiger partial charge in [-0.15, -0.1) is 0 Å². The summed E-state index contributed by atoms with van der Waals surface area (Å²) in [4.78, 5) is 11.9. The second-order valence-electron chi connectivity index (χ2n) is 3.61. The Bertz CT molecular complexity index is 578. The summed E-state index contributed by atoms with van der Waals surface area (Å²) in [6.45, 7) is 2.77. The molecule has 1 aromatic carbocycles. The number of pyridine rings is 1. The zero-order chi connectivity index (χ0) is 12.3. The lowest BCUT2D eigenvalue weighted by Crippen LogP contribution is -2.17. The first-order valence-electron chi connectivity index (χ1n) is 5.44. The molecule has 0 atom stereocenters. The van der Waals surface area contributed by atoms with E-state index in [0.29, 0.717) is 10.7 Å². The first-order valence-corrected chi connectivity index (χ1v) is 5.81. The maximum absolute atomic E-state index is 11.9. The van der Waals surface area contributed by atoms with Crippen LogP contribution in [-0.4, -0.2) is 11.1 Å². The Morgan fingerprint density at radius 1 is 1.29 bits per heavy atom. The van der Waals surface area contributed by atoms with Crippen molar-refractivity contribution in [3.8, 4) is 5.69 Å². The normalized spacial score (nSPS) is 10.2. The molecule has 0 amide bonds. The number of nitrogens with zero attached hydrogens (tertiary/aromatic N) is 1. The van der Waals surface area contributed by atoms with Crippen molar-refractivity contribution in [2.45, 2.75) is 6.92 Å². The van der Waals surface area contributed by atoms with Crippen molar-refractivity contribution in [3.05, 3.63) is 58.0 Å². The third kappa shape index (κ3) is 2.50. The van der Waals surface area contributed by atoms with Gasteiger partial charge in [-0.1, -0.05) is 23.7 Å². The predicted octanol–water partition coefficient (Wildman–Crippen LogP) is 2.92. The van der Waals surface area contributed by atoms with Gasteiger partial charge in [-0.05, 0) is 25.1 Å². The van der Waals surface area contributed by atoms with E-state index in [0.717, 1.165) is 12.2 Å². The van der Waals surface area contributed by atoms with E-state index in [-0.39, 0.29) is 5.56 Å². The van der Waals surface area contributed by atoms with Gasteiger partial charge in [-0.2, -0.15) is 0 Å². The molecule has 88 valence electrons. The van der Waals surface area contributed by atoms with Crippen LogP contribution >= 0.6 is 11.6 Å². The maximum Gasteiger partial charge on any atom is 0.257 e. The summed E-state index contributed by atoms with van der Waals surface area (Å²) < 4.78 is 1.53. The van der Waals surface area contributed by atoms with E-state index < -0.39 is 0 Å². The van der Waals surface area contributed by atoms with Crippen molar-refractivity contribution in [2.75, 3.05) is 11.9 Å². The first-order chi connectivity index (χ1) is 8.22. The highest BCUT2D eigenvalue weighted by Gasteiger charge is 2.04. The maximum atomic E-state index is 11.9. The monoisotopic (exact) mass is 248 g/mol. The fraction of sp³-hybridized carbons (Fsp3) is 0.154. The number of benzene rings is 1. The van der Waals surface area contributed by atoms with Crippen molar-refractivity contribution in [1.29, 1.82) is 0 Å². The molecule has 1 heterocycles. The highest BCUT2D eigenvalue weighted by molar-refractivity contribution is 6.32. The molecule has 0 aliphatic carbocycles. The van der Waals surface area contributed by atoms with Crippen LogP contribution < -0.4 is 10.9 Å². The minimum absolute atomic E-state index is 0.100. The van der Waals surface area contributed by atoms with E-state index in [1.165, 1.54) is 4.57 Å². The highest BCUT2D eigenvalue weighted by atomic mass is 35.5. The van der Waals surface area contributed by atoms with Gasteiger partial charge < -0.3 is 5.32 Å². The summed E-state index contributed by atoms with van der Waals surface area (Å²) in [7, 11) is 0. The number of nitrogens with one attached hydrogen (secondary N) is 1. The number of hydrogen-bond acceptors (Lipinski definition) is 2. The molecule has 0 aliphatic rings. The minimum atomic E-state index is -0.100. The fourth-order valence-corrected chi connectivity index (χ4v) is 1.87. The molecule has 0 radical (unpaired) electrons. The standard InChI is InChI=1S/C13H13ClN2O/c1-2-15-10-7-8-16(13(17)9-10)12-6-4-3-5-11(12)14/h3-9,15H,2H2,1H3. The lowest BCUT2D eigenvalue weighted by molar-refractivity contribution is 0.988. The third-order valence-electron chi connectivity index (χ3n) is 2.41. The van der Waals surface area contributed by atoms with Crippen molar-refractivity contribution in [3.63, 3.8) is 0 Å². The minimum Gasteiger partial charge on any atom is -0.385 e. The first kappa shape index (κ1) is 11.7. The van der Waals surface area contributed by atoms with Gasteiger partial charge in [0.25, 0.3) is 5.56 Å². The molecule has 0 unspecified atom stereocenters. The Balaban J connectivity index is 2.48. The Kier molecular flexibility index (Phi) is 3.49. The van der Waals surface area contributed by atoms with E-state index in [9.17, 15) is 4.79 Å². The molecule has 1 N–H and O–H groups in total. The van der Waals surface area contributed by atoms with Crippen molar-refractivity contribution in [1.82, 2.24) is 4.57 Å². The molecule has 2 rings (SSSR count). The second kappa shape index (κ2) is 5.06. The Hall–Kier alpha value is -1.74. The molecule has 17 heavy (non-hydrogen) atoms. The molecule has 2 aromatic rings. The Labute approximate surface area is 105 Å². The molecule has 4 heteroatoms. The Morgan fingerprint density at radius 3 is 2.71 bits per heavy atom. The topological polar surface area (TPSA) is 34.0 Å². The molecular formula is C13H13ClN2O. The smallest absolute Gasteiger partial charge is 0.257 e. The highest BCUT2D eigenvalue weighted by Crippen LogP contribution is 2.18. The Morgan fingerprint density at radius 2 is 2.06 bits per heavy atom. The van der Waals surface area contributed by atoms with Gasteiger partial charge in [-0.25, -0.2) is 0 Å². The SMILES string of the molecule is CCNc1ccn(-c2ccccc2Cl)c(=O)c1. The summed E-state index contributed by atoms with van der Waals surface area (Å²) in [6, 6.07) is 10.7. The van der Waals surface area contributed by atoms with Crippen LogP contribution in [0.4, 0.5) is 5.69 Å². The quantitative estimate of drug-likeness (QED) is 0.906. The van der Waals surface area contributed by atoms with Crippen LogP contribution in [0.2, 0.25) is 5.02 Å². The van der Waals surface area contributed by atoms with E-state index in [2.05, 4.69) is 5.32 Å². The number of aromatic nitrogens is 1. The molecule has 0 spiro atoms. The lowest BCUT2D eigenvalue weighted by Gasteiger charge is -2.09. The summed E-state index contributed by atoms with van der Waals surface area (Å²) in [5.41, 5.74) is 1.42. The van der Waals surface area contributed by atoms with Crippen molar-refractivity contribution >= 4 is 17.3 Å². The number of anilines is 1. The van der Waals surface area contributed by atoms with E-state index in [4.69, 9.17) is 11.6 Å². The summed E-state index contributed by atoms with van der Waals surface area (Å²) in [6.07, 6.45) is 1.72. The summed E-state index contributed by atoms with van der Waals surface area (Å²) in [5.74, 6) is 0. The molecule has 0 aliphatic heterocycles. The average Bonchev–Trinajstić information content (AvgIpc) is 2.31. The second-order valence-corrected chi connectivity index (χ2v) is 4.01. The van der Waals surface area contributed by atoms with Gasteiger partial charge in [0.2, 0.25) is 0 Å². The largest absolute Gasteiger partial charge is 0.385 e. The van der Waals surface area contributed by atoms with Gasteiger partial charge in [0.15, 0.2) is 0 Å². The fourth-order valence-electron chi connectivity index (χ4n) is 1.64. The summed E-state index contributed by atoms with van der Waals surface area (Å²) in [5, 5.41) is 3.66. The molecule has 0 saturated carbocycles. The van der Waals surface area contributed by atoms with Crippen LogP contribution in [0.15, 0.2) is 47.4 Å². The molecular weight excluding hydrogens is 236 g/mol. The van der Waals surface area contributed by atoms with Crippen LogP contribution in [-0.2, 0) is 0 Å². The van der Waals surface area contributed by atoms with Gasteiger partial charge in [0, 0.05) is 24.5 Å². The number of para-hydroxylation sites is 1.